The number of benzene rings is 9. The van der Waals surface area contributed by atoms with Gasteiger partial charge in [0, 0.05) is 27.5 Å². The Hall–Kier alpha value is -7.43. The van der Waals surface area contributed by atoms with Crippen molar-refractivity contribution in [3.05, 3.63) is 188 Å². The molecule has 0 aliphatic rings. The van der Waals surface area contributed by atoms with Crippen LogP contribution in [0.2, 0.25) is 0 Å². The van der Waals surface area contributed by atoms with Gasteiger partial charge in [0.15, 0.2) is 17.5 Å². The second-order valence-electron chi connectivity index (χ2n) is 14.0. The molecule has 4 nitrogen and oxygen atoms in total. The SMILES string of the molecule is c1ccc(-c2ccc(-c3nc(-c4cc(-c5cccc6oc7ccccc7c56)c5ccccc5c4)nc(-c4ccc5c(ccc6ccccc65)c4)n3)cc2)cc1. The fraction of sp³-hybridized carbons (Fsp3) is 0. The number of furan rings is 1. The maximum Gasteiger partial charge on any atom is 0.164 e. The molecule has 0 N–H and O–H groups in total. The molecule has 0 bridgehead atoms. The van der Waals surface area contributed by atoms with Crippen LogP contribution in [0.4, 0.5) is 0 Å². The van der Waals surface area contributed by atoms with Crippen LogP contribution in [0.25, 0.3) is 111 Å². The summed E-state index contributed by atoms with van der Waals surface area (Å²) < 4.78 is 6.33. The molecule has 0 radical (unpaired) electrons. The molecular formula is C51H31N3O. The number of hydrogen-bond donors (Lipinski definition) is 0. The zero-order chi connectivity index (χ0) is 36.3. The zero-order valence-electron chi connectivity index (χ0n) is 29.6. The van der Waals surface area contributed by atoms with Crippen LogP contribution in [-0.2, 0) is 0 Å². The average molecular weight is 702 g/mol. The minimum atomic E-state index is 0.613. The minimum Gasteiger partial charge on any atom is -0.456 e. The Morgan fingerprint density at radius 1 is 0.291 bits per heavy atom. The van der Waals surface area contributed by atoms with E-state index in [2.05, 4.69) is 164 Å². The molecule has 0 spiro atoms. The van der Waals surface area contributed by atoms with Crippen LogP contribution in [0.5, 0.6) is 0 Å². The molecule has 11 rings (SSSR count). The van der Waals surface area contributed by atoms with E-state index in [1.54, 1.807) is 0 Å². The lowest BCUT2D eigenvalue weighted by Crippen LogP contribution is -2.00. The van der Waals surface area contributed by atoms with Gasteiger partial charge in [-0.2, -0.15) is 0 Å². The monoisotopic (exact) mass is 701 g/mol. The van der Waals surface area contributed by atoms with Gasteiger partial charge in [0.25, 0.3) is 0 Å². The summed E-state index contributed by atoms with van der Waals surface area (Å²) in [6.45, 7) is 0. The summed E-state index contributed by atoms with van der Waals surface area (Å²) in [5, 5.41) is 9.23. The van der Waals surface area contributed by atoms with E-state index >= 15 is 0 Å². The molecule has 0 amide bonds. The summed E-state index contributed by atoms with van der Waals surface area (Å²) in [7, 11) is 0. The molecular weight excluding hydrogens is 671 g/mol. The van der Waals surface area contributed by atoms with Gasteiger partial charge in [0.05, 0.1) is 0 Å². The molecule has 0 unspecified atom stereocenters. The number of nitrogens with zero attached hydrogens (tertiary/aromatic N) is 3. The van der Waals surface area contributed by atoms with Gasteiger partial charge in [-0.05, 0) is 84.9 Å². The van der Waals surface area contributed by atoms with Crippen LogP contribution < -0.4 is 0 Å². The van der Waals surface area contributed by atoms with E-state index in [1.165, 1.54) is 21.7 Å². The highest BCUT2D eigenvalue weighted by atomic mass is 16.3. The maximum atomic E-state index is 6.33. The highest BCUT2D eigenvalue weighted by Crippen LogP contribution is 2.41. The third kappa shape index (κ3) is 5.34. The van der Waals surface area contributed by atoms with Gasteiger partial charge in [-0.3, -0.25) is 0 Å². The van der Waals surface area contributed by atoms with Gasteiger partial charge < -0.3 is 4.42 Å². The first kappa shape index (κ1) is 31.1. The first-order valence-corrected chi connectivity index (χ1v) is 18.5. The van der Waals surface area contributed by atoms with Crippen molar-refractivity contribution in [3.63, 3.8) is 0 Å². The smallest absolute Gasteiger partial charge is 0.164 e. The van der Waals surface area contributed by atoms with Crippen molar-refractivity contribution in [3.8, 4) is 56.4 Å². The van der Waals surface area contributed by atoms with E-state index in [1.807, 2.05) is 24.3 Å². The van der Waals surface area contributed by atoms with Gasteiger partial charge in [-0.15, -0.1) is 0 Å². The average Bonchev–Trinajstić information content (AvgIpc) is 3.65. The fourth-order valence-corrected chi connectivity index (χ4v) is 8.02. The standard InChI is InChI=1S/C51H31N3O/c1-2-11-32(12-3-1)33-21-24-35(25-22-33)49-52-50(38-27-28-42-37(29-38)26-23-34-13-4-6-15-40(34)42)54-51(53-49)39-30-36-14-5-7-16-41(36)45(31-39)43-18-10-20-47-48(43)44-17-8-9-19-46(44)55-47/h1-31H. The predicted octanol–water partition coefficient (Wildman–Crippen LogP) is 13.6. The lowest BCUT2D eigenvalue weighted by molar-refractivity contribution is 0.669. The topological polar surface area (TPSA) is 51.8 Å². The number of para-hydroxylation sites is 1. The van der Waals surface area contributed by atoms with Crippen LogP contribution in [-0.4, -0.2) is 15.0 Å². The molecule has 2 heterocycles. The third-order valence-electron chi connectivity index (χ3n) is 10.7. The van der Waals surface area contributed by atoms with E-state index in [0.29, 0.717) is 17.5 Å². The van der Waals surface area contributed by atoms with Crippen LogP contribution in [0.3, 0.4) is 0 Å². The fourth-order valence-electron chi connectivity index (χ4n) is 8.02. The lowest BCUT2D eigenvalue weighted by Gasteiger charge is -2.13. The van der Waals surface area contributed by atoms with Crippen LogP contribution in [0.15, 0.2) is 192 Å². The number of fused-ring (bicyclic) bond motifs is 7. The highest BCUT2D eigenvalue weighted by Gasteiger charge is 2.18. The molecule has 55 heavy (non-hydrogen) atoms. The van der Waals surface area contributed by atoms with Gasteiger partial charge in [0.2, 0.25) is 0 Å². The largest absolute Gasteiger partial charge is 0.456 e. The molecule has 0 aliphatic carbocycles. The zero-order valence-corrected chi connectivity index (χ0v) is 29.6. The maximum absolute atomic E-state index is 6.33. The van der Waals surface area contributed by atoms with Crippen molar-refractivity contribution >= 4 is 54.3 Å². The van der Waals surface area contributed by atoms with E-state index in [-0.39, 0.29) is 0 Å². The van der Waals surface area contributed by atoms with Crippen molar-refractivity contribution in [1.82, 2.24) is 15.0 Å². The number of aromatic nitrogens is 3. The summed E-state index contributed by atoms with van der Waals surface area (Å²) >= 11 is 0. The molecule has 2 aromatic heterocycles. The Balaban J connectivity index is 1.13. The molecule has 11 aromatic rings. The summed E-state index contributed by atoms with van der Waals surface area (Å²) in [6, 6.07) is 65.8. The summed E-state index contributed by atoms with van der Waals surface area (Å²) in [4.78, 5) is 15.6. The predicted molar refractivity (Wildman–Crippen MR) is 227 cm³/mol. The van der Waals surface area contributed by atoms with Gasteiger partial charge in [0.1, 0.15) is 11.2 Å². The first-order valence-electron chi connectivity index (χ1n) is 18.5. The Bertz CT molecular complexity index is 3260. The highest BCUT2D eigenvalue weighted by molar-refractivity contribution is 6.16. The summed E-state index contributed by atoms with van der Waals surface area (Å²) in [6.07, 6.45) is 0. The molecule has 0 saturated heterocycles. The van der Waals surface area contributed by atoms with Crippen molar-refractivity contribution in [2.45, 2.75) is 0 Å². The second-order valence-corrected chi connectivity index (χ2v) is 14.0. The van der Waals surface area contributed by atoms with Gasteiger partial charge >= 0.3 is 0 Å². The normalized spacial score (nSPS) is 11.6. The van der Waals surface area contributed by atoms with E-state index in [0.717, 1.165) is 71.5 Å². The molecule has 0 aliphatic heterocycles. The molecule has 9 aromatic carbocycles. The van der Waals surface area contributed by atoms with E-state index in [9.17, 15) is 0 Å². The Kier molecular flexibility index (Phi) is 7.14. The first-order chi connectivity index (χ1) is 27.2. The quantitative estimate of drug-likeness (QED) is 0.168. The Morgan fingerprint density at radius 2 is 0.836 bits per heavy atom. The summed E-state index contributed by atoms with van der Waals surface area (Å²) in [5.74, 6) is 1.86. The number of hydrogen-bond acceptors (Lipinski definition) is 4. The van der Waals surface area contributed by atoms with Crippen molar-refractivity contribution in [1.29, 1.82) is 0 Å². The Labute approximate surface area is 317 Å². The van der Waals surface area contributed by atoms with E-state index < -0.39 is 0 Å². The molecule has 0 fully saturated rings. The van der Waals surface area contributed by atoms with Gasteiger partial charge in [-0.25, -0.2) is 15.0 Å². The molecule has 4 heteroatoms. The lowest BCUT2D eigenvalue weighted by atomic mass is 9.92. The van der Waals surface area contributed by atoms with Crippen LogP contribution in [0, 0.1) is 0 Å². The van der Waals surface area contributed by atoms with Gasteiger partial charge in [-0.1, -0.05) is 158 Å². The third-order valence-corrected chi connectivity index (χ3v) is 10.7. The van der Waals surface area contributed by atoms with Crippen LogP contribution in [0.1, 0.15) is 0 Å². The minimum absolute atomic E-state index is 0.613. The van der Waals surface area contributed by atoms with E-state index in [4.69, 9.17) is 19.4 Å². The Morgan fingerprint density at radius 3 is 1.67 bits per heavy atom. The molecule has 0 atom stereocenters. The van der Waals surface area contributed by atoms with Crippen molar-refractivity contribution in [2.75, 3.05) is 0 Å². The molecule has 0 saturated carbocycles. The molecule has 256 valence electrons. The van der Waals surface area contributed by atoms with Crippen molar-refractivity contribution < 1.29 is 4.42 Å². The van der Waals surface area contributed by atoms with Crippen molar-refractivity contribution in [2.24, 2.45) is 0 Å². The second kappa shape index (κ2) is 12.6. The number of rotatable bonds is 5. The van der Waals surface area contributed by atoms with Crippen LogP contribution >= 0.6 is 0 Å². The summed E-state index contributed by atoms with van der Waals surface area (Å²) in [5.41, 5.74) is 9.01.